The maximum atomic E-state index is 12.7. The number of anilines is 1. The Balaban J connectivity index is 1.45. The number of amides is 1. The van der Waals surface area contributed by atoms with Crippen LogP contribution in [0.1, 0.15) is 33.5 Å². The van der Waals surface area contributed by atoms with Gasteiger partial charge in [-0.25, -0.2) is 4.79 Å². The standard InChI is InChI=1S/C25H20N2O3/c26-15-19-6-1-2-9-21(19)22-10-3-4-11-23(22)25(29)30-16-24(28)27-20-13-12-17-7-5-8-18(17)14-20/h1-4,6,9-14H,5,7-8,16H2,(H,27,28). The quantitative estimate of drug-likeness (QED) is 0.644. The van der Waals surface area contributed by atoms with E-state index in [0.29, 0.717) is 27.9 Å². The van der Waals surface area contributed by atoms with Crippen molar-refractivity contribution < 1.29 is 14.3 Å². The molecular formula is C25H20N2O3. The van der Waals surface area contributed by atoms with Crippen molar-refractivity contribution in [2.75, 3.05) is 11.9 Å². The SMILES string of the molecule is N#Cc1ccccc1-c1ccccc1C(=O)OCC(=O)Nc1ccc2c(c1)CCC2. The molecule has 3 aromatic rings. The van der Waals surface area contributed by atoms with Crippen LogP contribution in [0, 0.1) is 11.3 Å². The fourth-order valence-corrected chi connectivity index (χ4v) is 3.77. The van der Waals surface area contributed by atoms with Crippen molar-refractivity contribution in [3.63, 3.8) is 0 Å². The summed E-state index contributed by atoms with van der Waals surface area (Å²) in [6.07, 6.45) is 3.24. The molecule has 5 nitrogen and oxygen atoms in total. The molecule has 1 aliphatic rings. The van der Waals surface area contributed by atoms with E-state index >= 15 is 0 Å². The Morgan fingerprint density at radius 1 is 0.933 bits per heavy atom. The van der Waals surface area contributed by atoms with Gasteiger partial charge in [0.25, 0.3) is 5.91 Å². The molecule has 1 aliphatic carbocycles. The van der Waals surface area contributed by atoms with E-state index in [1.807, 2.05) is 24.3 Å². The van der Waals surface area contributed by atoms with E-state index in [-0.39, 0.29) is 6.61 Å². The molecule has 0 saturated carbocycles. The number of benzene rings is 3. The van der Waals surface area contributed by atoms with Crippen LogP contribution < -0.4 is 5.32 Å². The largest absolute Gasteiger partial charge is 0.452 e. The van der Waals surface area contributed by atoms with Gasteiger partial charge in [-0.05, 0) is 60.2 Å². The van der Waals surface area contributed by atoms with Gasteiger partial charge in [-0.15, -0.1) is 0 Å². The van der Waals surface area contributed by atoms with Crippen molar-refractivity contribution in [2.24, 2.45) is 0 Å². The summed E-state index contributed by atoms with van der Waals surface area (Å²) in [6, 6.07) is 22.0. The average molecular weight is 396 g/mol. The topological polar surface area (TPSA) is 79.2 Å². The first kappa shape index (κ1) is 19.4. The molecule has 0 unspecified atom stereocenters. The zero-order valence-corrected chi connectivity index (χ0v) is 16.4. The number of nitrogens with zero attached hydrogens (tertiary/aromatic N) is 1. The molecule has 4 rings (SSSR count). The molecule has 1 amide bonds. The van der Waals surface area contributed by atoms with E-state index in [4.69, 9.17) is 4.74 Å². The van der Waals surface area contributed by atoms with Gasteiger partial charge < -0.3 is 10.1 Å². The van der Waals surface area contributed by atoms with E-state index in [9.17, 15) is 14.9 Å². The van der Waals surface area contributed by atoms with Gasteiger partial charge in [-0.1, -0.05) is 42.5 Å². The van der Waals surface area contributed by atoms with Crippen LogP contribution in [0.25, 0.3) is 11.1 Å². The highest BCUT2D eigenvalue weighted by Crippen LogP contribution is 2.27. The molecule has 0 aromatic heterocycles. The molecule has 0 fully saturated rings. The highest BCUT2D eigenvalue weighted by molar-refractivity contribution is 6.00. The van der Waals surface area contributed by atoms with Crippen molar-refractivity contribution in [3.8, 4) is 17.2 Å². The first-order chi connectivity index (χ1) is 14.7. The number of hydrogen-bond donors (Lipinski definition) is 1. The summed E-state index contributed by atoms with van der Waals surface area (Å²) in [4.78, 5) is 24.9. The van der Waals surface area contributed by atoms with Crippen LogP contribution in [0.15, 0.2) is 66.7 Å². The zero-order chi connectivity index (χ0) is 20.9. The Hall–Kier alpha value is -3.91. The van der Waals surface area contributed by atoms with Crippen LogP contribution >= 0.6 is 0 Å². The number of esters is 1. The summed E-state index contributed by atoms with van der Waals surface area (Å²) in [5, 5.41) is 12.1. The zero-order valence-electron chi connectivity index (χ0n) is 16.4. The lowest BCUT2D eigenvalue weighted by molar-refractivity contribution is -0.119. The molecule has 0 heterocycles. The number of aryl methyl sites for hydroxylation is 2. The second-order valence-electron chi connectivity index (χ2n) is 7.16. The highest BCUT2D eigenvalue weighted by atomic mass is 16.5. The fourth-order valence-electron chi connectivity index (χ4n) is 3.77. The van der Waals surface area contributed by atoms with E-state index in [1.54, 1.807) is 42.5 Å². The molecule has 0 spiro atoms. The van der Waals surface area contributed by atoms with Crippen LogP contribution in [0.4, 0.5) is 5.69 Å². The van der Waals surface area contributed by atoms with E-state index < -0.39 is 11.9 Å². The predicted octanol–water partition coefficient (Wildman–Crippen LogP) is 4.51. The first-order valence-electron chi connectivity index (χ1n) is 9.83. The Bertz CT molecular complexity index is 1160. The van der Waals surface area contributed by atoms with E-state index in [0.717, 1.165) is 19.3 Å². The predicted molar refractivity (Wildman–Crippen MR) is 114 cm³/mol. The minimum absolute atomic E-state index is 0.311. The molecule has 0 radical (unpaired) electrons. The van der Waals surface area contributed by atoms with Gasteiger partial charge >= 0.3 is 5.97 Å². The van der Waals surface area contributed by atoms with Crippen molar-refractivity contribution in [2.45, 2.75) is 19.3 Å². The fraction of sp³-hybridized carbons (Fsp3) is 0.160. The van der Waals surface area contributed by atoms with Crippen LogP contribution in [0.5, 0.6) is 0 Å². The number of carbonyl (C=O) groups excluding carboxylic acids is 2. The molecule has 5 heteroatoms. The summed E-state index contributed by atoms with van der Waals surface area (Å²) in [6.45, 7) is -0.385. The third-order valence-corrected chi connectivity index (χ3v) is 5.20. The number of carbonyl (C=O) groups is 2. The number of nitrogens with one attached hydrogen (secondary N) is 1. The van der Waals surface area contributed by atoms with Crippen LogP contribution in [-0.4, -0.2) is 18.5 Å². The Morgan fingerprint density at radius 2 is 1.67 bits per heavy atom. The number of hydrogen-bond acceptors (Lipinski definition) is 4. The van der Waals surface area contributed by atoms with Crippen molar-refractivity contribution in [1.29, 1.82) is 5.26 Å². The Kier molecular flexibility index (Phi) is 5.58. The summed E-state index contributed by atoms with van der Waals surface area (Å²) < 4.78 is 5.26. The van der Waals surface area contributed by atoms with Crippen molar-refractivity contribution >= 4 is 17.6 Å². The Morgan fingerprint density at radius 3 is 2.50 bits per heavy atom. The lowest BCUT2D eigenvalue weighted by atomic mass is 9.96. The average Bonchev–Trinajstić information content (AvgIpc) is 3.25. The van der Waals surface area contributed by atoms with Gasteiger partial charge in [0.2, 0.25) is 0 Å². The van der Waals surface area contributed by atoms with Crippen LogP contribution in [0.3, 0.4) is 0 Å². The molecular weight excluding hydrogens is 376 g/mol. The van der Waals surface area contributed by atoms with E-state index in [1.165, 1.54) is 11.1 Å². The number of fused-ring (bicyclic) bond motifs is 1. The molecule has 1 N–H and O–H groups in total. The molecule has 0 aliphatic heterocycles. The minimum atomic E-state index is -0.609. The third kappa shape index (κ3) is 4.08. The first-order valence-corrected chi connectivity index (χ1v) is 9.83. The maximum Gasteiger partial charge on any atom is 0.339 e. The van der Waals surface area contributed by atoms with Gasteiger partial charge in [0.1, 0.15) is 0 Å². The molecule has 3 aromatic carbocycles. The third-order valence-electron chi connectivity index (χ3n) is 5.20. The normalized spacial score (nSPS) is 12.0. The second kappa shape index (κ2) is 8.62. The number of rotatable bonds is 5. The summed E-state index contributed by atoms with van der Waals surface area (Å²) in [5.74, 6) is -1.00. The van der Waals surface area contributed by atoms with Gasteiger partial charge in [-0.3, -0.25) is 4.79 Å². The summed E-state index contributed by atoms with van der Waals surface area (Å²) in [7, 11) is 0. The Labute approximate surface area is 174 Å². The molecule has 0 bridgehead atoms. The lowest BCUT2D eigenvalue weighted by Gasteiger charge is -2.11. The summed E-state index contributed by atoms with van der Waals surface area (Å²) in [5.41, 5.74) is 5.31. The van der Waals surface area contributed by atoms with Gasteiger partial charge in [0.05, 0.1) is 17.2 Å². The molecule has 30 heavy (non-hydrogen) atoms. The number of ether oxygens (including phenoxy) is 1. The van der Waals surface area contributed by atoms with Crippen molar-refractivity contribution in [1.82, 2.24) is 0 Å². The van der Waals surface area contributed by atoms with Gasteiger partial charge in [0.15, 0.2) is 6.61 Å². The molecule has 0 saturated heterocycles. The lowest BCUT2D eigenvalue weighted by Crippen LogP contribution is -2.21. The maximum absolute atomic E-state index is 12.7. The smallest absolute Gasteiger partial charge is 0.339 e. The minimum Gasteiger partial charge on any atom is -0.452 e. The van der Waals surface area contributed by atoms with Gasteiger partial charge in [-0.2, -0.15) is 5.26 Å². The van der Waals surface area contributed by atoms with Crippen LogP contribution in [-0.2, 0) is 22.4 Å². The van der Waals surface area contributed by atoms with Crippen molar-refractivity contribution in [3.05, 3.63) is 89.0 Å². The van der Waals surface area contributed by atoms with Crippen LogP contribution in [0.2, 0.25) is 0 Å². The monoisotopic (exact) mass is 396 g/mol. The van der Waals surface area contributed by atoms with E-state index in [2.05, 4.69) is 11.4 Å². The molecule has 148 valence electrons. The molecule has 0 atom stereocenters. The summed E-state index contributed by atoms with van der Waals surface area (Å²) >= 11 is 0. The van der Waals surface area contributed by atoms with Gasteiger partial charge in [0, 0.05) is 11.3 Å². The second-order valence-corrected chi connectivity index (χ2v) is 7.16. The number of nitriles is 1. The highest BCUT2D eigenvalue weighted by Gasteiger charge is 2.17.